The van der Waals surface area contributed by atoms with Crippen LogP contribution < -0.4 is 10.2 Å². The minimum Gasteiger partial charge on any atom is -0.361 e. The normalized spacial score (nSPS) is 16.4. The fourth-order valence-electron chi connectivity index (χ4n) is 2.70. The van der Waals surface area contributed by atoms with Gasteiger partial charge in [-0.1, -0.05) is 25.1 Å². The molecule has 1 amide bonds. The van der Waals surface area contributed by atoms with Crippen LogP contribution in [0.1, 0.15) is 24.0 Å². The molecule has 1 atom stereocenters. The number of fused-ring (bicyclic) bond motifs is 1. The van der Waals surface area contributed by atoms with Crippen LogP contribution >= 0.6 is 11.3 Å². The average Bonchev–Trinajstić information content (AvgIpc) is 3.05. The predicted octanol–water partition coefficient (Wildman–Crippen LogP) is 3.18. The van der Waals surface area contributed by atoms with Gasteiger partial charge in [0.05, 0.1) is 12.1 Å². The number of anilines is 2. The summed E-state index contributed by atoms with van der Waals surface area (Å²) in [5, 5.41) is 14.2. The zero-order valence-electron chi connectivity index (χ0n) is 11.7. The topological polar surface area (TPSA) is 56.1 Å². The van der Waals surface area contributed by atoms with Crippen LogP contribution in [-0.2, 0) is 4.79 Å². The summed E-state index contributed by atoms with van der Waals surface area (Å²) in [7, 11) is 0. The number of carbonyl (C=O) groups excluding carboxylic acids is 1. The molecule has 0 bridgehead atoms. The van der Waals surface area contributed by atoms with Gasteiger partial charge in [0.1, 0.15) is 11.1 Å². The van der Waals surface area contributed by atoms with Gasteiger partial charge in [-0.15, -0.1) is 11.3 Å². The van der Waals surface area contributed by atoms with Crippen molar-refractivity contribution in [1.29, 1.82) is 5.26 Å². The third-order valence-electron chi connectivity index (χ3n) is 3.68. The molecule has 4 nitrogen and oxygen atoms in total. The molecule has 0 saturated heterocycles. The first kappa shape index (κ1) is 13.7. The molecule has 1 N–H and O–H groups in total. The summed E-state index contributed by atoms with van der Waals surface area (Å²) in [6.07, 6.45) is 0. The Hall–Kier alpha value is -2.32. The molecular weight excluding hydrogens is 282 g/mol. The lowest BCUT2D eigenvalue weighted by atomic mass is 10.0. The number of benzene rings is 1. The van der Waals surface area contributed by atoms with Gasteiger partial charge in [0.25, 0.3) is 0 Å². The van der Waals surface area contributed by atoms with Crippen LogP contribution in [0, 0.1) is 11.3 Å². The number of hydrogen-bond acceptors (Lipinski definition) is 4. The molecule has 0 aliphatic carbocycles. The molecule has 3 rings (SSSR count). The number of rotatable bonds is 3. The van der Waals surface area contributed by atoms with Crippen LogP contribution in [0.4, 0.5) is 10.7 Å². The van der Waals surface area contributed by atoms with Crippen molar-refractivity contribution in [3.8, 4) is 6.07 Å². The van der Waals surface area contributed by atoms with Gasteiger partial charge in [-0.2, -0.15) is 5.26 Å². The first-order valence-electron chi connectivity index (χ1n) is 6.80. The van der Waals surface area contributed by atoms with E-state index >= 15 is 0 Å². The third-order valence-corrected chi connectivity index (χ3v) is 4.51. The minimum atomic E-state index is -0.0853. The highest BCUT2D eigenvalue weighted by Crippen LogP contribution is 2.35. The predicted molar refractivity (Wildman–Crippen MR) is 84.7 cm³/mol. The van der Waals surface area contributed by atoms with Crippen molar-refractivity contribution in [2.45, 2.75) is 12.8 Å². The molecule has 106 valence electrons. The van der Waals surface area contributed by atoms with E-state index in [2.05, 4.69) is 35.3 Å². The average molecular weight is 297 g/mol. The highest BCUT2D eigenvalue weighted by Gasteiger charge is 2.26. The summed E-state index contributed by atoms with van der Waals surface area (Å²) in [5.74, 6) is 0.350. The number of carbonyl (C=O) groups is 1. The molecule has 5 heteroatoms. The molecule has 0 radical (unpaired) electrons. The maximum atomic E-state index is 12.2. The molecule has 0 spiro atoms. The third kappa shape index (κ3) is 2.63. The van der Waals surface area contributed by atoms with E-state index in [0.29, 0.717) is 23.0 Å². The van der Waals surface area contributed by atoms with Crippen LogP contribution in [0.15, 0.2) is 35.7 Å². The molecule has 1 aromatic heterocycles. The fourth-order valence-corrected chi connectivity index (χ4v) is 3.46. The van der Waals surface area contributed by atoms with Gasteiger partial charge in [-0.25, -0.2) is 0 Å². The lowest BCUT2D eigenvalue weighted by Gasteiger charge is -2.18. The van der Waals surface area contributed by atoms with Crippen LogP contribution in [-0.4, -0.2) is 19.0 Å². The van der Waals surface area contributed by atoms with Crippen molar-refractivity contribution in [2.24, 2.45) is 0 Å². The quantitative estimate of drug-likeness (QED) is 0.946. The minimum absolute atomic E-state index is 0.0853. The van der Waals surface area contributed by atoms with Gasteiger partial charge in [0, 0.05) is 18.2 Å². The first-order chi connectivity index (χ1) is 10.2. The van der Waals surface area contributed by atoms with Crippen molar-refractivity contribution in [2.75, 3.05) is 23.3 Å². The Balaban J connectivity index is 1.71. The molecule has 2 heterocycles. The Labute approximate surface area is 127 Å². The SMILES string of the molecule is CC1CN(CC(=O)Nc2sccc2C#N)c2ccccc21. The number of thiophene rings is 1. The Morgan fingerprint density at radius 3 is 3.10 bits per heavy atom. The molecule has 0 fully saturated rings. The molecule has 21 heavy (non-hydrogen) atoms. The Bertz CT molecular complexity index is 716. The van der Waals surface area contributed by atoms with E-state index in [1.165, 1.54) is 16.9 Å². The maximum Gasteiger partial charge on any atom is 0.244 e. The number of hydrogen-bond donors (Lipinski definition) is 1. The van der Waals surface area contributed by atoms with E-state index in [1.54, 1.807) is 11.4 Å². The lowest BCUT2D eigenvalue weighted by Crippen LogP contribution is -2.32. The molecule has 1 unspecified atom stereocenters. The van der Waals surface area contributed by atoms with Crippen molar-refractivity contribution < 1.29 is 4.79 Å². The summed E-state index contributed by atoms with van der Waals surface area (Å²) >= 11 is 1.37. The van der Waals surface area contributed by atoms with Crippen LogP contribution in [0.5, 0.6) is 0 Å². The molecule has 1 aliphatic heterocycles. The molecule has 1 aliphatic rings. The molecule has 2 aromatic rings. The maximum absolute atomic E-state index is 12.2. The van der Waals surface area contributed by atoms with Crippen LogP contribution in [0.3, 0.4) is 0 Å². The second-order valence-electron chi connectivity index (χ2n) is 5.16. The second-order valence-corrected chi connectivity index (χ2v) is 6.08. The Morgan fingerprint density at radius 2 is 2.29 bits per heavy atom. The van der Waals surface area contributed by atoms with Crippen LogP contribution in [0.25, 0.3) is 0 Å². The highest BCUT2D eigenvalue weighted by molar-refractivity contribution is 7.14. The number of amides is 1. The molecular formula is C16H15N3OS. The van der Waals surface area contributed by atoms with E-state index < -0.39 is 0 Å². The van der Waals surface area contributed by atoms with Gasteiger partial charge in [-0.05, 0) is 23.1 Å². The van der Waals surface area contributed by atoms with Crippen molar-refractivity contribution in [3.63, 3.8) is 0 Å². The summed E-state index contributed by atoms with van der Waals surface area (Å²) in [6, 6.07) is 12.0. The zero-order valence-corrected chi connectivity index (χ0v) is 12.5. The number of para-hydroxylation sites is 1. The number of nitrogens with one attached hydrogen (secondary N) is 1. The van der Waals surface area contributed by atoms with Gasteiger partial charge in [0.2, 0.25) is 5.91 Å². The van der Waals surface area contributed by atoms with Gasteiger partial charge in [-0.3, -0.25) is 4.79 Å². The van der Waals surface area contributed by atoms with Crippen LogP contribution in [0.2, 0.25) is 0 Å². The first-order valence-corrected chi connectivity index (χ1v) is 7.68. The number of nitriles is 1. The zero-order chi connectivity index (χ0) is 14.8. The van der Waals surface area contributed by atoms with E-state index in [9.17, 15) is 4.79 Å². The van der Waals surface area contributed by atoms with E-state index in [1.807, 2.05) is 12.1 Å². The van der Waals surface area contributed by atoms with Gasteiger partial charge in [0.15, 0.2) is 0 Å². The van der Waals surface area contributed by atoms with Gasteiger partial charge >= 0.3 is 0 Å². The summed E-state index contributed by atoms with van der Waals surface area (Å²) < 4.78 is 0. The van der Waals surface area contributed by atoms with Gasteiger partial charge < -0.3 is 10.2 Å². The summed E-state index contributed by atoms with van der Waals surface area (Å²) in [5.41, 5.74) is 2.94. The van der Waals surface area contributed by atoms with E-state index in [4.69, 9.17) is 5.26 Å². The Kier molecular flexibility index (Phi) is 3.63. The Morgan fingerprint density at radius 1 is 1.48 bits per heavy atom. The van der Waals surface area contributed by atoms with Crippen molar-refractivity contribution in [1.82, 2.24) is 0 Å². The van der Waals surface area contributed by atoms with E-state index in [-0.39, 0.29) is 5.91 Å². The fraction of sp³-hybridized carbons (Fsp3) is 0.250. The molecule has 0 saturated carbocycles. The standard InChI is InChI=1S/C16H15N3OS/c1-11-9-19(14-5-3-2-4-13(11)14)10-15(20)18-16-12(8-17)6-7-21-16/h2-7,11H,9-10H2,1H3,(H,18,20). The summed E-state index contributed by atoms with van der Waals surface area (Å²) in [6.45, 7) is 3.33. The monoisotopic (exact) mass is 297 g/mol. The highest BCUT2D eigenvalue weighted by atomic mass is 32.1. The van der Waals surface area contributed by atoms with Crippen molar-refractivity contribution >= 4 is 27.9 Å². The second kappa shape index (κ2) is 5.58. The lowest BCUT2D eigenvalue weighted by molar-refractivity contribution is -0.114. The van der Waals surface area contributed by atoms with E-state index in [0.717, 1.165) is 12.2 Å². The smallest absolute Gasteiger partial charge is 0.244 e. The van der Waals surface area contributed by atoms with Crippen molar-refractivity contribution in [3.05, 3.63) is 46.8 Å². The summed E-state index contributed by atoms with van der Waals surface area (Å²) in [4.78, 5) is 14.3. The molecule has 1 aromatic carbocycles. The largest absolute Gasteiger partial charge is 0.361 e. The number of nitrogens with zero attached hydrogens (tertiary/aromatic N) is 2.